The van der Waals surface area contributed by atoms with E-state index in [0.29, 0.717) is 18.2 Å². The van der Waals surface area contributed by atoms with Gasteiger partial charge in [0.15, 0.2) is 10.1 Å². The normalized spacial score (nSPS) is 14.4. The molecule has 0 aliphatic heterocycles. The Kier molecular flexibility index (Phi) is 3.78. The summed E-state index contributed by atoms with van der Waals surface area (Å²) in [5.74, 6) is 2.19. The quantitative estimate of drug-likeness (QED) is 0.508. The van der Waals surface area contributed by atoms with Crippen LogP contribution in [0, 0.1) is 0 Å². The van der Waals surface area contributed by atoms with Crippen LogP contribution in [-0.2, 0) is 12.3 Å². The molecule has 0 radical (unpaired) electrons. The molecule has 0 amide bonds. The second-order valence-corrected chi connectivity index (χ2v) is 7.26. The molecule has 23 heavy (non-hydrogen) atoms. The molecule has 0 unspecified atom stereocenters. The third-order valence-corrected chi connectivity index (χ3v) is 5.46. The van der Waals surface area contributed by atoms with Gasteiger partial charge in [0.05, 0.1) is 5.69 Å². The van der Waals surface area contributed by atoms with Crippen LogP contribution in [0.5, 0.6) is 0 Å². The molecule has 3 aromatic heterocycles. The van der Waals surface area contributed by atoms with Crippen molar-refractivity contribution in [2.24, 2.45) is 0 Å². The lowest BCUT2D eigenvalue weighted by Gasteiger charge is -2.06. The van der Waals surface area contributed by atoms with Gasteiger partial charge >= 0.3 is 0 Å². The average Bonchev–Trinajstić information content (AvgIpc) is 3.13. The third-order valence-electron chi connectivity index (χ3n) is 3.71. The Balaban J connectivity index is 1.58. The third kappa shape index (κ3) is 2.84. The van der Waals surface area contributed by atoms with Gasteiger partial charge in [-0.3, -0.25) is 9.20 Å². The first kappa shape index (κ1) is 14.6. The highest BCUT2D eigenvalue weighted by Crippen LogP contribution is 2.40. The predicted molar refractivity (Wildman–Crippen MR) is 91.1 cm³/mol. The highest BCUT2D eigenvalue weighted by atomic mass is 32.2. The predicted octanol–water partition coefficient (Wildman–Crippen LogP) is 2.70. The number of thioether (sulfide) groups is 1. The van der Waals surface area contributed by atoms with Gasteiger partial charge in [-0.1, -0.05) is 17.8 Å². The van der Waals surface area contributed by atoms with Crippen molar-refractivity contribution in [1.82, 2.24) is 24.1 Å². The van der Waals surface area contributed by atoms with E-state index in [2.05, 4.69) is 26.3 Å². The first-order valence-electron chi connectivity index (χ1n) is 7.39. The van der Waals surface area contributed by atoms with Gasteiger partial charge in [-0.2, -0.15) is 0 Å². The van der Waals surface area contributed by atoms with Crippen molar-refractivity contribution >= 4 is 28.1 Å². The Labute approximate surface area is 140 Å². The molecule has 3 aromatic rings. The van der Waals surface area contributed by atoms with Gasteiger partial charge in [-0.25, -0.2) is 4.98 Å². The zero-order valence-electron chi connectivity index (χ0n) is 12.4. The fraction of sp³-hybridized carbons (Fsp3) is 0.333. The first-order valence-corrected chi connectivity index (χ1v) is 9.25. The molecule has 3 heterocycles. The van der Waals surface area contributed by atoms with E-state index in [4.69, 9.17) is 0 Å². The summed E-state index contributed by atoms with van der Waals surface area (Å²) in [4.78, 5) is 17.3. The summed E-state index contributed by atoms with van der Waals surface area (Å²) in [5, 5.41) is 11.4. The fourth-order valence-electron chi connectivity index (χ4n) is 2.45. The minimum atomic E-state index is -0.0434. The average molecular weight is 345 g/mol. The van der Waals surface area contributed by atoms with E-state index in [1.165, 1.54) is 24.2 Å². The lowest BCUT2D eigenvalue weighted by Crippen LogP contribution is -2.12. The molecule has 1 aliphatic rings. The van der Waals surface area contributed by atoms with E-state index >= 15 is 0 Å². The van der Waals surface area contributed by atoms with Gasteiger partial charge in [-0.05, 0) is 12.8 Å². The minimum absolute atomic E-state index is 0.0434. The Bertz CT molecular complexity index is 921. The van der Waals surface area contributed by atoms with Crippen LogP contribution < -0.4 is 5.56 Å². The topological polar surface area (TPSA) is 65.1 Å². The summed E-state index contributed by atoms with van der Waals surface area (Å²) >= 11 is 3.02. The molecule has 0 aromatic carbocycles. The number of fused-ring (bicyclic) bond motifs is 1. The molecule has 0 spiro atoms. The molecule has 118 valence electrons. The van der Waals surface area contributed by atoms with Crippen LogP contribution in [0.4, 0.5) is 0 Å². The van der Waals surface area contributed by atoms with Crippen LogP contribution in [0.15, 0.2) is 40.2 Å². The smallest absolute Gasteiger partial charge is 0.258 e. The number of hydrogen-bond donors (Lipinski definition) is 0. The monoisotopic (exact) mass is 345 g/mol. The Morgan fingerprint density at radius 2 is 2.30 bits per heavy atom. The van der Waals surface area contributed by atoms with E-state index in [1.807, 2.05) is 11.5 Å². The number of nitrogens with zero attached hydrogens (tertiary/aromatic N) is 5. The number of hydrogen-bond acceptors (Lipinski definition) is 6. The zero-order chi connectivity index (χ0) is 15.8. The lowest BCUT2D eigenvalue weighted by atomic mass is 10.4. The largest absolute Gasteiger partial charge is 0.302 e. The summed E-state index contributed by atoms with van der Waals surface area (Å²) in [6.07, 6.45) is 5.98. The summed E-state index contributed by atoms with van der Waals surface area (Å²) in [6.45, 7) is 4.52. The van der Waals surface area contributed by atoms with E-state index < -0.39 is 0 Å². The molecule has 1 aliphatic carbocycles. The first-order chi connectivity index (χ1) is 11.3. The van der Waals surface area contributed by atoms with Crippen LogP contribution >= 0.6 is 23.1 Å². The van der Waals surface area contributed by atoms with Crippen LogP contribution in [0.2, 0.25) is 0 Å². The van der Waals surface area contributed by atoms with Crippen LogP contribution in [0.1, 0.15) is 30.3 Å². The van der Waals surface area contributed by atoms with Gasteiger partial charge in [0, 0.05) is 35.9 Å². The number of allylic oxidation sites excluding steroid dienone is 1. The van der Waals surface area contributed by atoms with Gasteiger partial charge in [-0.15, -0.1) is 28.1 Å². The second-order valence-electron chi connectivity index (χ2n) is 5.44. The summed E-state index contributed by atoms with van der Waals surface area (Å²) < 4.78 is 3.68. The maximum atomic E-state index is 12.0. The Hall–Kier alpha value is -1.93. The fourth-order valence-corrected chi connectivity index (χ4v) is 4.04. The van der Waals surface area contributed by atoms with Crippen molar-refractivity contribution in [3.05, 3.63) is 52.2 Å². The maximum Gasteiger partial charge on any atom is 0.258 e. The van der Waals surface area contributed by atoms with E-state index in [0.717, 1.165) is 21.6 Å². The zero-order valence-corrected chi connectivity index (χ0v) is 14.0. The standard InChI is InChI=1S/C15H15N5OS2/c1-2-5-20-13(10-3-4-10)17-18-15(20)23-9-11-8-12(21)19-6-7-22-14(19)16-11/h2,6-8,10H,1,3-5,9H2. The molecule has 0 atom stereocenters. The Morgan fingerprint density at radius 3 is 3.09 bits per heavy atom. The van der Waals surface area contributed by atoms with Gasteiger partial charge in [0.1, 0.15) is 5.82 Å². The van der Waals surface area contributed by atoms with Gasteiger partial charge < -0.3 is 4.57 Å². The van der Waals surface area contributed by atoms with Crippen molar-refractivity contribution in [1.29, 1.82) is 0 Å². The summed E-state index contributed by atoms with van der Waals surface area (Å²) in [5.41, 5.74) is 0.724. The maximum absolute atomic E-state index is 12.0. The van der Waals surface area contributed by atoms with Crippen molar-refractivity contribution in [3.8, 4) is 0 Å². The van der Waals surface area contributed by atoms with Crippen molar-refractivity contribution in [2.45, 2.75) is 36.2 Å². The summed E-state index contributed by atoms with van der Waals surface area (Å²) in [6, 6.07) is 1.59. The Morgan fingerprint density at radius 1 is 1.43 bits per heavy atom. The van der Waals surface area contributed by atoms with Crippen LogP contribution in [0.25, 0.3) is 4.96 Å². The van der Waals surface area contributed by atoms with Crippen LogP contribution in [-0.4, -0.2) is 24.1 Å². The molecule has 1 saturated carbocycles. The van der Waals surface area contributed by atoms with E-state index in [-0.39, 0.29) is 5.56 Å². The van der Waals surface area contributed by atoms with Crippen molar-refractivity contribution in [2.75, 3.05) is 0 Å². The molecule has 6 nitrogen and oxygen atoms in total. The number of aromatic nitrogens is 5. The van der Waals surface area contributed by atoms with Crippen molar-refractivity contribution in [3.63, 3.8) is 0 Å². The van der Waals surface area contributed by atoms with E-state index in [1.54, 1.807) is 28.4 Å². The number of thiazole rings is 1. The molecule has 0 saturated heterocycles. The summed E-state index contributed by atoms with van der Waals surface area (Å²) in [7, 11) is 0. The van der Waals surface area contributed by atoms with Crippen LogP contribution in [0.3, 0.4) is 0 Å². The molecule has 1 fully saturated rings. The van der Waals surface area contributed by atoms with E-state index in [9.17, 15) is 4.79 Å². The van der Waals surface area contributed by atoms with Crippen molar-refractivity contribution < 1.29 is 0 Å². The highest BCUT2D eigenvalue weighted by Gasteiger charge is 2.30. The molecule has 0 bridgehead atoms. The molecular weight excluding hydrogens is 330 g/mol. The lowest BCUT2D eigenvalue weighted by molar-refractivity contribution is 0.681. The molecule has 8 heteroatoms. The molecule has 4 rings (SSSR count). The molecule has 0 N–H and O–H groups in total. The molecular formula is C15H15N5OS2. The highest BCUT2D eigenvalue weighted by molar-refractivity contribution is 7.98. The second kappa shape index (κ2) is 5.93. The number of rotatable bonds is 6. The van der Waals surface area contributed by atoms with Gasteiger partial charge in [0.25, 0.3) is 5.56 Å². The van der Waals surface area contributed by atoms with Gasteiger partial charge in [0.2, 0.25) is 0 Å². The SMILES string of the molecule is C=CCn1c(SCc2cc(=O)n3ccsc3n2)nnc1C1CC1. The minimum Gasteiger partial charge on any atom is -0.302 e.